The molecule has 1 aliphatic carbocycles. The SMILES string of the molecule is CC(C)(CCCCC1CCC2OC2C1)O[SiH3]. The smallest absolute Gasteiger partial charge is 0.146 e. The third kappa shape index (κ3) is 3.57. The van der Waals surface area contributed by atoms with Crippen LogP contribution in [0.2, 0.25) is 0 Å². The number of unbranched alkanes of at least 4 members (excludes halogenated alkanes) is 1. The van der Waals surface area contributed by atoms with Crippen LogP contribution in [-0.2, 0) is 9.16 Å². The van der Waals surface area contributed by atoms with Gasteiger partial charge < -0.3 is 9.16 Å². The Kier molecular flexibility index (Phi) is 4.09. The zero-order valence-electron chi connectivity index (χ0n) is 11.0. The second kappa shape index (κ2) is 5.19. The summed E-state index contributed by atoms with van der Waals surface area (Å²) < 4.78 is 11.1. The van der Waals surface area contributed by atoms with Gasteiger partial charge in [0.25, 0.3) is 0 Å². The van der Waals surface area contributed by atoms with E-state index in [9.17, 15) is 0 Å². The van der Waals surface area contributed by atoms with E-state index in [1.54, 1.807) is 0 Å². The molecule has 1 heterocycles. The van der Waals surface area contributed by atoms with Crippen LogP contribution in [0, 0.1) is 5.92 Å². The van der Waals surface area contributed by atoms with Crippen molar-refractivity contribution in [1.29, 1.82) is 0 Å². The van der Waals surface area contributed by atoms with Crippen molar-refractivity contribution in [2.24, 2.45) is 5.92 Å². The highest BCUT2D eigenvalue weighted by molar-refractivity contribution is 5.98. The van der Waals surface area contributed by atoms with Crippen molar-refractivity contribution in [2.75, 3.05) is 0 Å². The molecular formula is C13H26O2Si. The largest absolute Gasteiger partial charge is 0.423 e. The summed E-state index contributed by atoms with van der Waals surface area (Å²) in [6, 6.07) is 0. The van der Waals surface area contributed by atoms with Gasteiger partial charge in [0.2, 0.25) is 0 Å². The zero-order chi connectivity index (χ0) is 11.6. The van der Waals surface area contributed by atoms with Gasteiger partial charge in [0, 0.05) is 5.60 Å². The van der Waals surface area contributed by atoms with Crippen LogP contribution < -0.4 is 0 Å². The van der Waals surface area contributed by atoms with E-state index in [-0.39, 0.29) is 5.60 Å². The molecule has 1 aliphatic heterocycles. The minimum atomic E-state index is 0.128. The summed E-state index contributed by atoms with van der Waals surface area (Å²) in [6.45, 7) is 4.42. The van der Waals surface area contributed by atoms with Gasteiger partial charge in [-0.3, -0.25) is 0 Å². The highest BCUT2D eigenvalue weighted by atomic mass is 28.2. The lowest BCUT2D eigenvalue weighted by atomic mass is 9.85. The quantitative estimate of drug-likeness (QED) is 0.404. The Labute approximate surface area is 103 Å². The Morgan fingerprint density at radius 3 is 2.75 bits per heavy atom. The Morgan fingerprint density at radius 1 is 1.25 bits per heavy atom. The van der Waals surface area contributed by atoms with Crippen LogP contribution in [0.25, 0.3) is 0 Å². The first-order valence-electron chi connectivity index (χ1n) is 6.81. The number of hydrogen-bond donors (Lipinski definition) is 0. The van der Waals surface area contributed by atoms with Crippen LogP contribution >= 0.6 is 0 Å². The van der Waals surface area contributed by atoms with Crippen LogP contribution in [-0.4, -0.2) is 28.3 Å². The molecule has 0 N–H and O–H groups in total. The lowest BCUT2D eigenvalue weighted by Gasteiger charge is -2.24. The monoisotopic (exact) mass is 242 g/mol. The average Bonchev–Trinajstić information content (AvgIpc) is 3.02. The average molecular weight is 242 g/mol. The van der Waals surface area contributed by atoms with Crippen molar-refractivity contribution in [3.05, 3.63) is 0 Å². The molecule has 0 radical (unpaired) electrons. The molecule has 16 heavy (non-hydrogen) atoms. The Hall–Kier alpha value is 0.137. The number of hydrogen-bond acceptors (Lipinski definition) is 2. The summed E-state index contributed by atoms with van der Waals surface area (Å²) in [4.78, 5) is 0. The molecule has 94 valence electrons. The van der Waals surface area contributed by atoms with Crippen molar-refractivity contribution < 1.29 is 9.16 Å². The van der Waals surface area contributed by atoms with E-state index in [4.69, 9.17) is 9.16 Å². The van der Waals surface area contributed by atoms with E-state index in [2.05, 4.69) is 13.8 Å². The molecule has 0 bridgehead atoms. The van der Waals surface area contributed by atoms with E-state index in [1.807, 2.05) is 0 Å². The van der Waals surface area contributed by atoms with Gasteiger partial charge in [-0.2, -0.15) is 0 Å². The van der Waals surface area contributed by atoms with Crippen LogP contribution in [0.3, 0.4) is 0 Å². The Bertz CT molecular complexity index is 230. The molecule has 0 spiro atoms. The maximum absolute atomic E-state index is 5.57. The molecule has 0 aromatic rings. The van der Waals surface area contributed by atoms with E-state index in [1.165, 1.54) is 44.9 Å². The molecule has 1 saturated carbocycles. The standard InChI is InChI=1S/C13H26O2Si/c1-13(2,15-16)8-4-3-5-10-6-7-11-12(9-10)14-11/h10-12H,3-9H2,1-2,16H3. The van der Waals surface area contributed by atoms with Crippen molar-refractivity contribution in [2.45, 2.75) is 76.6 Å². The van der Waals surface area contributed by atoms with E-state index in [0.717, 1.165) is 16.4 Å². The molecule has 3 heteroatoms. The topological polar surface area (TPSA) is 21.8 Å². The first-order valence-corrected chi connectivity index (χ1v) is 7.63. The van der Waals surface area contributed by atoms with E-state index < -0.39 is 0 Å². The lowest BCUT2D eigenvalue weighted by Crippen LogP contribution is -2.22. The molecule has 0 aromatic heterocycles. The highest BCUT2D eigenvalue weighted by Crippen LogP contribution is 2.41. The molecule has 2 fully saturated rings. The molecule has 1 saturated heterocycles. The maximum atomic E-state index is 5.57. The van der Waals surface area contributed by atoms with Crippen molar-refractivity contribution >= 4 is 10.5 Å². The fraction of sp³-hybridized carbons (Fsp3) is 1.00. The maximum Gasteiger partial charge on any atom is 0.146 e. The van der Waals surface area contributed by atoms with Gasteiger partial charge in [0.05, 0.1) is 12.2 Å². The van der Waals surface area contributed by atoms with E-state index in [0.29, 0.717) is 12.2 Å². The predicted molar refractivity (Wildman–Crippen MR) is 69.6 cm³/mol. The van der Waals surface area contributed by atoms with E-state index >= 15 is 0 Å². The van der Waals surface area contributed by atoms with Gasteiger partial charge in [0.15, 0.2) is 0 Å². The minimum absolute atomic E-state index is 0.128. The van der Waals surface area contributed by atoms with Gasteiger partial charge in [0.1, 0.15) is 10.5 Å². The summed E-state index contributed by atoms with van der Waals surface area (Å²) in [5.41, 5.74) is 0.128. The second-order valence-corrected chi connectivity index (χ2v) is 6.51. The molecule has 0 aromatic carbocycles. The fourth-order valence-electron chi connectivity index (χ4n) is 2.83. The molecule has 2 aliphatic rings. The Morgan fingerprint density at radius 2 is 2.06 bits per heavy atom. The second-order valence-electron chi connectivity index (χ2n) is 6.10. The first kappa shape index (κ1) is 12.6. The number of ether oxygens (including phenoxy) is 1. The van der Waals surface area contributed by atoms with Crippen LogP contribution in [0.1, 0.15) is 58.8 Å². The fourth-order valence-corrected chi connectivity index (χ4v) is 3.04. The molecule has 2 rings (SSSR count). The number of rotatable bonds is 6. The van der Waals surface area contributed by atoms with Crippen molar-refractivity contribution in [1.82, 2.24) is 0 Å². The Balaban J connectivity index is 1.54. The molecule has 0 amide bonds. The van der Waals surface area contributed by atoms with Gasteiger partial charge in [-0.1, -0.05) is 19.3 Å². The summed E-state index contributed by atoms with van der Waals surface area (Å²) in [5, 5.41) is 0. The highest BCUT2D eigenvalue weighted by Gasteiger charge is 2.43. The van der Waals surface area contributed by atoms with Gasteiger partial charge in [-0.15, -0.1) is 0 Å². The van der Waals surface area contributed by atoms with Gasteiger partial charge in [-0.25, -0.2) is 0 Å². The molecule has 2 nitrogen and oxygen atoms in total. The van der Waals surface area contributed by atoms with Crippen molar-refractivity contribution in [3.8, 4) is 0 Å². The third-order valence-corrected chi connectivity index (χ3v) is 5.41. The zero-order valence-corrected chi connectivity index (χ0v) is 13.0. The molecular weight excluding hydrogens is 216 g/mol. The number of epoxide rings is 1. The molecule has 3 unspecified atom stereocenters. The van der Waals surface area contributed by atoms with Gasteiger partial charge in [-0.05, 0) is 45.4 Å². The van der Waals surface area contributed by atoms with Crippen LogP contribution in [0.5, 0.6) is 0 Å². The normalized spacial score (nSPS) is 33.8. The van der Waals surface area contributed by atoms with Gasteiger partial charge >= 0.3 is 0 Å². The third-order valence-electron chi connectivity index (χ3n) is 4.31. The van der Waals surface area contributed by atoms with Crippen LogP contribution in [0.4, 0.5) is 0 Å². The predicted octanol–water partition coefficient (Wildman–Crippen LogP) is 2.19. The number of fused-ring (bicyclic) bond motifs is 1. The lowest BCUT2D eigenvalue weighted by molar-refractivity contribution is 0.108. The first-order chi connectivity index (χ1) is 7.61. The summed E-state index contributed by atoms with van der Waals surface area (Å²) in [5.74, 6) is 0.948. The van der Waals surface area contributed by atoms with Crippen LogP contribution in [0.15, 0.2) is 0 Å². The van der Waals surface area contributed by atoms with Crippen molar-refractivity contribution in [3.63, 3.8) is 0 Å². The summed E-state index contributed by atoms with van der Waals surface area (Å²) in [7, 11) is 0.859. The summed E-state index contributed by atoms with van der Waals surface area (Å²) in [6.07, 6.45) is 10.7. The minimum Gasteiger partial charge on any atom is -0.423 e. The summed E-state index contributed by atoms with van der Waals surface area (Å²) >= 11 is 0. The molecule has 3 atom stereocenters.